The normalized spacial score (nSPS) is 13.3. The molecule has 1 atom stereocenters. The maximum atomic E-state index is 6.48. The van der Waals surface area contributed by atoms with Crippen molar-refractivity contribution in [2.24, 2.45) is 5.73 Å². The molecule has 0 aliphatic rings. The Morgan fingerprint density at radius 2 is 2.14 bits per heavy atom. The van der Waals surface area contributed by atoms with Crippen molar-refractivity contribution in [3.05, 3.63) is 26.9 Å². The van der Waals surface area contributed by atoms with Crippen molar-refractivity contribution in [3.63, 3.8) is 0 Å². The first kappa shape index (κ1) is 16.5. The first-order valence-electron chi connectivity index (χ1n) is 6.85. The van der Waals surface area contributed by atoms with Gasteiger partial charge in [-0.2, -0.15) is 5.10 Å². The number of halogens is 1. The van der Waals surface area contributed by atoms with Crippen molar-refractivity contribution in [2.75, 3.05) is 20.6 Å². The molecule has 0 aliphatic carbocycles. The van der Waals surface area contributed by atoms with Crippen LogP contribution in [-0.4, -0.2) is 44.9 Å². The molecule has 0 aliphatic heterocycles. The third-order valence-electron chi connectivity index (χ3n) is 3.26. The Kier molecular flexibility index (Phi) is 5.48. The number of nitrogens with zero attached hydrogens (tertiary/aromatic N) is 5. The summed E-state index contributed by atoms with van der Waals surface area (Å²) in [6.45, 7) is 5.91. The van der Waals surface area contributed by atoms with Crippen molar-refractivity contribution < 1.29 is 0 Å². The Balaban J connectivity index is 2.32. The highest BCUT2D eigenvalue weighted by Crippen LogP contribution is 2.32. The van der Waals surface area contributed by atoms with E-state index in [1.807, 2.05) is 18.8 Å². The minimum absolute atomic E-state index is 0.263. The largest absolute Gasteiger partial charge is 0.318 e. The number of hydrogen-bond acceptors (Lipinski definition) is 6. The van der Waals surface area contributed by atoms with Crippen LogP contribution in [0.3, 0.4) is 0 Å². The van der Waals surface area contributed by atoms with E-state index >= 15 is 0 Å². The van der Waals surface area contributed by atoms with Crippen molar-refractivity contribution in [3.8, 4) is 0 Å². The van der Waals surface area contributed by atoms with Crippen LogP contribution >= 0.6 is 27.5 Å². The third kappa shape index (κ3) is 3.68. The molecule has 0 saturated heterocycles. The van der Waals surface area contributed by atoms with Gasteiger partial charge in [0.25, 0.3) is 0 Å². The van der Waals surface area contributed by atoms with Crippen molar-refractivity contribution in [1.82, 2.24) is 24.3 Å². The van der Waals surface area contributed by atoms with Crippen LogP contribution in [0.4, 0.5) is 0 Å². The van der Waals surface area contributed by atoms with Gasteiger partial charge in [0.15, 0.2) is 0 Å². The summed E-state index contributed by atoms with van der Waals surface area (Å²) in [4.78, 5) is 3.14. The molecule has 6 nitrogen and oxygen atoms in total. The second kappa shape index (κ2) is 6.95. The molecule has 0 fully saturated rings. The van der Waals surface area contributed by atoms with Gasteiger partial charge >= 0.3 is 0 Å². The van der Waals surface area contributed by atoms with Gasteiger partial charge in [0, 0.05) is 6.54 Å². The third-order valence-corrected chi connectivity index (χ3v) is 4.69. The molecule has 21 heavy (non-hydrogen) atoms. The molecule has 2 rings (SSSR count). The SMILES string of the molecule is CC(C)c1nnsc1C(N)c1c(Br)cnn1CCN(C)C. The Morgan fingerprint density at radius 1 is 1.43 bits per heavy atom. The highest BCUT2D eigenvalue weighted by Gasteiger charge is 2.24. The average molecular weight is 373 g/mol. The summed E-state index contributed by atoms with van der Waals surface area (Å²) in [6.07, 6.45) is 1.80. The number of hydrogen-bond donors (Lipinski definition) is 1. The topological polar surface area (TPSA) is 72.9 Å². The van der Waals surface area contributed by atoms with Crippen LogP contribution in [0.15, 0.2) is 10.7 Å². The Labute approximate surface area is 137 Å². The fourth-order valence-corrected chi connectivity index (χ4v) is 3.45. The molecule has 0 bridgehead atoms. The predicted octanol–water partition coefficient (Wildman–Crippen LogP) is 2.23. The fraction of sp³-hybridized carbons (Fsp3) is 0.615. The van der Waals surface area contributed by atoms with Crippen LogP contribution in [0.1, 0.15) is 42.1 Å². The minimum atomic E-state index is -0.263. The molecule has 0 amide bonds. The lowest BCUT2D eigenvalue weighted by Gasteiger charge is -2.17. The molecule has 2 heterocycles. The van der Waals surface area contributed by atoms with E-state index in [4.69, 9.17) is 5.73 Å². The molecular formula is C13H21BrN6S. The number of likely N-dealkylation sites (N-methyl/N-ethyl adjacent to an activating group) is 1. The van der Waals surface area contributed by atoms with Gasteiger partial charge in [-0.25, -0.2) is 0 Å². The van der Waals surface area contributed by atoms with E-state index in [0.29, 0.717) is 5.92 Å². The summed E-state index contributed by atoms with van der Waals surface area (Å²) in [6, 6.07) is -0.263. The standard InChI is InChI=1S/C13H21BrN6S/c1-8(2)11-13(21-18-17-11)10(15)12-9(14)7-16-20(12)6-5-19(3)4/h7-8,10H,5-6,15H2,1-4H3. The average Bonchev–Trinajstić information content (AvgIpc) is 3.02. The van der Waals surface area contributed by atoms with Crippen molar-refractivity contribution >= 4 is 27.5 Å². The first-order chi connectivity index (χ1) is 9.91. The quantitative estimate of drug-likeness (QED) is 0.841. The fourth-order valence-electron chi connectivity index (χ4n) is 2.10. The lowest BCUT2D eigenvalue weighted by Crippen LogP contribution is -2.23. The summed E-state index contributed by atoms with van der Waals surface area (Å²) >= 11 is 4.93. The number of aromatic nitrogens is 4. The summed E-state index contributed by atoms with van der Waals surface area (Å²) < 4.78 is 6.95. The van der Waals surface area contributed by atoms with Gasteiger partial charge < -0.3 is 10.6 Å². The smallest absolute Gasteiger partial charge is 0.0863 e. The van der Waals surface area contributed by atoms with E-state index in [1.165, 1.54) is 11.5 Å². The molecular weight excluding hydrogens is 352 g/mol. The van der Waals surface area contributed by atoms with Gasteiger partial charge in [-0.1, -0.05) is 18.3 Å². The monoisotopic (exact) mass is 372 g/mol. The number of rotatable bonds is 6. The van der Waals surface area contributed by atoms with Crippen molar-refractivity contribution in [1.29, 1.82) is 0 Å². The molecule has 0 radical (unpaired) electrons. The zero-order valence-corrected chi connectivity index (χ0v) is 15.1. The minimum Gasteiger partial charge on any atom is -0.318 e. The van der Waals surface area contributed by atoms with Gasteiger partial charge in [0.05, 0.1) is 39.5 Å². The summed E-state index contributed by atoms with van der Waals surface area (Å²) in [7, 11) is 4.09. The summed E-state index contributed by atoms with van der Waals surface area (Å²) in [5, 5.41) is 8.64. The number of nitrogens with two attached hydrogens (primary N) is 1. The summed E-state index contributed by atoms with van der Waals surface area (Å²) in [5.41, 5.74) is 8.43. The second-order valence-corrected chi connectivity index (χ2v) is 7.20. The highest BCUT2D eigenvalue weighted by atomic mass is 79.9. The lowest BCUT2D eigenvalue weighted by atomic mass is 10.0. The van der Waals surface area contributed by atoms with Gasteiger partial charge in [-0.15, -0.1) is 5.10 Å². The van der Waals surface area contributed by atoms with Crippen LogP contribution in [-0.2, 0) is 6.54 Å². The zero-order chi connectivity index (χ0) is 15.6. The van der Waals surface area contributed by atoms with Gasteiger partial charge in [-0.05, 0) is 47.5 Å². The lowest BCUT2D eigenvalue weighted by molar-refractivity contribution is 0.368. The van der Waals surface area contributed by atoms with Crippen LogP contribution in [0.25, 0.3) is 0 Å². The van der Waals surface area contributed by atoms with E-state index in [0.717, 1.165) is 33.8 Å². The molecule has 8 heteroatoms. The molecule has 0 saturated carbocycles. The second-order valence-electron chi connectivity index (χ2n) is 5.56. The summed E-state index contributed by atoms with van der Waals surface area (Å²) in [5.74, 6) is 0.307. The van der Waals surface area contributed by atoms with Crippen molar-refractivity contribution in [2.45, 2.75) is 32.4 Å². The highest BCUT2D eigenvalue weighted by molar-refractivity contribution is 9.10. The van der Waals surface area contributed by atoms with E-state index in [-0.39, 0.29) is 6.04 Å². The molecule has 2 aromatic rings. The Bertz CT molecular complexity index is 591. The molecule has 0 aromatic carbocycles. The van der Waals surface area contributed by atoms with Gasteiger partial charge in [0.1, 0.15) is 0 Å². The van der Waals surface area contributed by atoms with Crippen LogP contribution < -0.4 is 5.73 Å². The Hall–Kier alpha value is -0.830. The van der Waals surface area contributed by atoms with Crippen LogP contribution in [0.2, 0.25) is 0 Å². The predicted molar refractivity (Wildman–Crippen MR) is 88.5 cm³/mol. The van der Waals surface area contributed by atoms with Gasteiger partial charge in [-0.3, -0.25) is 4.68 Å². The first-order valence-corrected chi connectivity index (χ1v) is 8.42. The van der Waals surface area contributed by atoms with Gasteiger partial charge in [0.2, 0.25) is 0 Å². The Morgan fingerprint density at radius 3 is 2.76 bits per heavy atom. The maximum Gasteiger partial charge on any atom is 0.0863 e. The maximum absolute atomic E-state index is 6.48. The zero-order valence-electron chi connectivity index (χ0n) is 12.7. The molecule has 0 spiro atoms. The van der Waals surface area contributed by atoms with Crippen LogP contribution in [0, 0.1) is 0 Å². The molecule has 1 unspecified atom stereocenters. The van der Waals surface area contributed by atoms with E-state index in [1.54, 1.807) is 6.20 Å². The van der Waals surface area contributed by atoms with Crippen LogP contribution in [0.5, 0.6) is 0 Å². The van der Waals surface area contributed by atoms with E-state index in [9.17, 15) is 0 Å². The molecule has 2 N–H and O–H groups in total. The molecule has 116 valence electrons. The van der Waals surface area contributed by atoms with E-state index < -0.39 is 0 Å². The van der Waals surface area contributed by atoms with E-state index in [2.05, 4.69) is 49.4 Å². The molecule has 2 aromatic heterocycles.